The number of phenols is 2. The Balaban J connectivity index is 2.89. The van der Waals surface area contributed by atoms with Crippen molar-refractivity contribution in [3.63, 3.8) is 0 Å². The maximum Gasteiger partial charge on any atom is 0.232 e. The zero-order valence-corrected chi connectivity index (χ0v) is 10.9. The first-order chi connectivity index (χ1) is 9.77. The highest BCUT2D eigenvalue weighted by atomic mass is 16.3. The molecule has 0 unspecified atom stereocenters. The van der Waals surface area contributed by atoms with Crippen molar-refractivity contribution in [2.24, 2.45) is 0 Å². The minimum atomic E-state index is -0.986. The molecule has 0 atom stereocenters. The van der Waals surface area contributed by atoms with Gasteiger partial charge < -0.3 is 14.6 Å². The van der Waals surface area contributed by atoms with Crippen LogP contribution in [-0.2, 0) is 0 Å². The zero-order chi connectivity index (χ0) is 15.6. The number of rotatable bonds is 0. The summed E-state index contributed by atoms with van der Waals surface area (Å²) in [5.74, 6) is -1.61. The Bertz CT molecular complexity index is 1050. The fourth-order valence-corrected chi connectivity index (χ4v) is 2.32. The molecule has 2 N–H and O–H groups in total. The van der Waals surface area contributed by atoms with Crippen molar-refractivity contribution < 1.29 is 14.6 Å². The van der Waals surface area contributed by atoms with Crippen molar-refractivity contribution in [2.75, 3.05) is 0 Å². The predicted molar refractivity (Wildman–Crippen MR) is 74.0 cm³/mol. The molecule has 0 spiro atoms. The van der Waals surface area contributed by atoms with Crippen LogP contribution in [0.15, 0.2) is 23.6 Å². The molecule has 0 saturated heterocycles. The Labute approximate surface area is 115 Å². The van der Waals surface area contributed by atoms with Gasteiger partial charge in [0.15, 0.2) is 22.7 Å². The average Bonchev–Trinajstić information content (AvgIpc) is 2.87. The van der Waals surface area contributed by atoms with Gasteiger partial charge in [0.2, 0.25) is 21.7 Å². The highest BCUT2D eigenvalue weighted by molar-refractivity contribution is 6.06. The van der Waals surface area contributed by atoms with Gasteiger partial charge in [-0.3, -0.25) is 19.2 Å². The second-order valence-electron chi connectivity index (χ2n) is 4.77. The van der Waals surface area contributed by atoms with Crippen molar-refractivity contribution >= 4 is 21.9 Å². The molecule has 0 saturated carbocycles. The molecule has 1 aromatic heterocycles. The standard InChI is InChI=1S/C14H8O7/c1-3-7(15)11(19)5-6-12(20)8(16)4(2)10(18)14(6)21-13(5)9(3)17/h15-16H,1-2H3. The van der Waals surface area contributed by atoms with Gasteiger partial charge in [0.1, 0.15) is 0 Å². The van der Waals surface area contributed by atoms with Gasteiger partial charge >= 0.3 is 0 Å². The number of furan rings is 1. The molecular formula is C14H8O7. The highest BCUT2D eigenvalue weighted by Crippen LogP contribution is 2.24. The number of aromatic hydroxyl groups is 2. The molecule has 0 aliphatic heterocycles. The van der Waals surface area contributed by atoms with Crippen LogP contribution in [0.5, 0.6) is 11.5 Å². The smallest absolute Gasteiger partial charge is 0.232 e. The van der Waals surface area contributed by atoms with Crippen molar-refractivity contribution in [2.45, 2.75) is 13.8 Å². The van der Waals surface area contributed by atoms with Gasteiger partial charge in [-0.25, -0.2) is 0 Å². The number of fused-ring (bicyclic) bond motifs is 3. The Morgan fingerprint density at radius 1 is 0.667 bits per heavy atom. The van der Waals surface area contributed by atoms with Gasteiger partial charge in [0.25, 0.3) is 0 Å². The van der Waals surface area contributed by atoms with Crippen LogP contribution < -0.4 is 21.7 Å². The molecule has 0 fully saturated rings. The fourth-order valence-electron chi connectivity index (χ4n) is 2.32. The third-order valence-electron chi connectivity index (χ3n) is 3.60. The molecule has 3 rings (SSSR count). The van der Waals surface area contributed by atoms with Crippen LogP contribution in [0.4, 0.5) is 0 Å². The van der Waals surface area contributed by atoms with Crippen molar-refractivity contribution in [1.29, 1.82) is 0 Å². The summed E-state index contributed by atoms with van der Waals surface area (Å²) < 4.78 is 5.10. The van der Waals surface area contributed by atoms with Gasteiger partial charge in [-0.05, 0) is 13.8 Å². The lowest BCUT2D eigenvalue weighted by molar-refractivity contribution is 0.465. The molecule has 0 radical (unpaired) electrons. The summed E-state index contributed by atoms with van der Waals surface area (Å²) in [5, 5.41) is 18.3. The quantitative estimate of drug-likeness (QED) is 0.593. The third kappa shape index (κ3) is 1.37. The van der Waals surface area contributed by atoms with E-state index in [4.69, 9.17) is 4.42 Å². The summed E-state index contributed by atoms with van der Waals surface area (Å²) in [6, 6.07) is 0. The molecular weight excluding hydrogens is 280 g/mol. The Hall–Kier alpha value is -2.96. The average molecular weight is 288 g/mol. The van der Waals surface area contributed by atoms with E-state index in [0.717, 1.165) is 0 Å². The molecule has 21 heavy (non-hydrogen) atoms. The number of phenolic OH excluding ortho intramolecular Hbond substituents is 2. The molecule has 1 heterocycles. The van der Waals surface area contributed by atoms with Crippen LogP contribution in [0.1, 0.15) is 11.1 Å². The fraction of sp³-hybridized carbons (Fsp3) is 0.143. The lowest BCUT2D eigenvalue weighted by atomic mass is 10.1. The van der Waals surface area contributed by atoms with E-state index in [0.29, 0.717) is 0 Å². The maximum absolute atomic E-state index is 12.1. The lowest BCUT2D eigenvalue weighted by Gasteiger charge is -1.96. The van der Waals surface area contributed by atoms with E-state index in [1.54, 1.807) is 0 Å². The van der Waals surface area contributed by atoms with Crippen molar-refractivity contribution in [1.82, 2.24) is 0 Å². The van der Waals surface area contributed by atoms with Gasteiger partial charge in [-0.2, -0.15) is 0 Å². The van der Waals surface area contributed by atoms with Crippen LogP contribution in [-0.4, -0.2) is 10.2 Å². The molecule has 0 aliphatic carbocycles. The first-order valence-corrected chi connectivity index (χ1v) is 5.92. The Kier molecular flexibility index (Phi) is 2.35. The SMILES string of the molecule is Cc1c(O)c(=O)c2c(oc3c(=O)c(C)c(O)c(=O)c32)c1=O. The van der Waals surface area contributed by atoms with Crippen molar-refractivity contribution in [3.8, 4) is 11.5 Å². The van der Waals surface area contributed by atoms with Crippen molar-refractivity contribution in [3.05, 3.63) is 52.0 Å². The van der Waals surface area contributed by atoms with Gasteiger partial charge in [0, 0.05) is 11.1 Å². The van der Waals surface area contributed by atoms with E-state index < -0.39 is 55.2 Å². The molecule has 7 nitrogen and oxygen atoms in total. The highest BCUT2D eigenvalue weighted by Gasteiger charge is 2.25. The summed E-state index contributed by atoms with van der Waals surface area (Å²) in [6.07, 6.45) is 0. The molecule has 0 amide bonds. The van der Waals surface area contributed by atoms with E-state index in [1.807, 2.05) is 0 Å². The largest absolute Gasteiger partial charge is 0.504 e. The van der Waals surface area contributed by atoms with Gasteiger partial charge in [-0.15, -0.1) is 0 Å². The molecule has 0 bridgehead atoms. The van der Waals surface area contributed by atoms with E-state index in [-0.39, 0.29) is 11.1 Å². The minimum Gasteiger partial charge on any atom is -0.504 e. The molecule has 3 aromatic rings. The van der Waals surface area contributed by atoms with E-state index >= 15 is 0 Å². The van der Waals surface area contributed by atoms with Crippen LogP contribution in [0, 0.1) is 13.8 Å². The minimum absolute atomic E-state index is 0.229. The van der Waals surface area contributed by atoms with Crippen LogP contribution in [0.25, 0.3) is 21.9 Å². The summed E-state index contributed by atoms with van der Waals surface area (Å²) in [4.78, 5) is 48.1. The normalized spacial score (nSPS) is 11.5. The van der Waals surface area contributed by atoms with Crippen LogP contribution >= 0.6 is 0 Å². The second-order valence-corrected chi connectivity index (χ2v) is 4.77. The summed E-state index contributed by atoms with van der Waals surface area (Å²) in [5.41, 5.74) is -4.93. The molecule has 0 aliphatic rings. The maximum atomic E-state index is 12.1. The second kappa shape index (κ2) is 3.78. The van der Waals surface area contributed by atoms with Gasteiger partial charge in [0.05, 0.1) is 10.8 Å². The summed E-state index contributed by atoms with van der Waals surface area (Å²) in [7, 11) is 0. The molecule has 7 heteroatoms. The number of hydrogen-bond acceptors (Lipinski definition) is 7. The Morgan fingerprint density at radius 3 is 1.33 bits per heavy atom. The summed E-state index contributed by atoms with van der Waals surface area (Å²) in [6.45, 7) is 2.45. The third-order valence-corrected chi connectivity index (χ3v) is 3.60. The Morgan fingerprint density at radius 2 is 1.00 bits per heavy atom. The van der Waals surface area contributed by atoms with Crippen LogP contribution in [0.3, 0.4) is 0 Å². The summed E-state index contributed by atoms with van der Waals surface area (Å²) >= 11 is 0. The first-order valence-electron chi connectivity index (χ1n) is 5.92. The monoisotopic (exact) mass is 288 g/mol. The topological polar surface area (TPSA) is 122 Å². The van der Waals surface area contributed by atoms with E-state index in [1.165, 1.54) is 13.8 Å². The van der Waals surface area contributed by atoms with E-state index in [2.05, 4.69) is 0 Å². The number of hydrogen-bond donors (Lipinski definition) is 2. The lowest BCUT2D eigenvalue weighted by Crippen LogP contribution is -2.16. The predicted octanol–water partition coefficient (Wildman–Crippen LogP) is -0.0696. The van der Waals surface area contributed by atoms with Gasteiger partial charge in [-0.1, -0.05) is 0 Å². The van der Waals surface area contributed by atoms with E-state index in [9.17, 15) is 29.4 Å². The zero-order valence-electron chi connectivity index (χ0n) is 10.9. The first kappa shape index (κ1) is 13.0. The van der Waals surface area contributed by atoms with Crippen LogP contribution in [0.2, 0.25) is 0 Å². The molecule has 106 valence electrons. The molecule has 2 aromatic carbocycles. The number of benzene rings is 2.